The van der Waals surface area contributed by atoms with E-state index < -0.39 is 71.4 Å². The zero-order valence-corrected chi connectivity index (χ0v) is 23.3. The lowest BCUT2D eigenvalue weighted by molar-refractivity contribution is -0.278. The topological polar surface area (TPSA) is 259 Å². The molecule has 13 N–H and O–H groups in total. The molecule has 2 fully saturated rings. The highest BCUT2D eigenvalue weighted by Gasteiger charge is 2.49. The first-order chi connectivity index (χ1) is 14.0. The molecule has 1 aliphatic heterocycles. The van der Waals surface area contributed by atoms with Gasteiger partial charge in [0.1, 0.15) is 24.4 Å². The van der Waals surface area contributed by atoms with Gasteiger partial charge in [-0.05, 0) is 19.4 Å². The average molecular weight is 642 g/mol. The van der Waals surface area contributed by atoms with Gasteiger partial charge < -0.3 is 53.0 Å². The summed E-state index contributed by atoms with van der Waals surface area (Å²) < 4.78 is 48.1. The Balaban J connectivity index is -0.000000961. The van der Waals surface area contributed by atoms with Crippen LogP contribution in [0.5, 0.6) is 0 Å². The number of halogens is 5. The van der Waals surface area contributed by atoms with Crippen molar-refractivity contribution >= 4 is 72.4 Å². The van der Waals surface area contributed by atoms with Gasteiger partial charge in [-0.15, -0.1) is 62.0 Å². The maximum atomic E-state index is 11.3. The van der Waals surface area contributed by atoms with E-state index in [9.17, 15) is 18.6 Å². The number of hydrogen-bond acceptors (Lipinski definition) is 13. The molecule has 0 aromatic rings. The van der Waals surface area contributed by atoms with Crippen molar-refractivity contribution in [2.24, 2.45) is 22.9 Å². The van der Waals surface area contributed by atoms with Crippen LogP contribution >= 0.6 is 62.0 Å². The van der Waals surface area contributed by atoms with Crippen LogP contribution in [-0.4, -0.2) is 109 Å². The van der Waals surface area contributed by atoms with Gasteiger partial charge in [0.15, 0.2) is 6.29 Å². The van der Waals surface area contributed by atoms with Gasteiger partial charge in [0, 0.05) is 25.2 Å². The molecule has 10 atom stereocenters. The van der Waals surface area contributed by atoms with Crippen LogP contribution in [0.4, 0.5) is 0 Å². The second-order valence-corrected chi connectivity index (χ2v) is 8.59. The normalized spacial score (nSPS) is 36.8. The van der Waals surface area contributed by atoms with Gasteiger partial charge in [-0.25, -0.2) is 4.18 Å². The first-order valence-electron chi connectivity index (χ1n) is 9.64. The minimum Gasteiger partial charge on any atom is -0.396 e. The van der Waals surface area contributed by atoms with Crippen LogP contribution in [0.2, 0.25) is 0 Å². The Morgan fingerprint density at radius 1 is 0.971 bits per heavy atom. The van der Waals surface area contributed by atoms with Gasteiger partial charge >= 0.3 is 10.4 Å². The maximum Gasteiger partial charge on any atom is 0.397 e. The Morgan fingerprint density at radius 2 is 1.51 bits per heavy atom. The van der Waals surface area contributed by atoms with E-state index in [0.29, 0.717) is 6.42 Å². The zero-order valence-electron chi connectivity index (χ0n) is 18.4. The van der Waals surface area contributed by atoms with Crippen LogP contribution in [0.25, 0.3) is 0 Å². The molecule has 2 rings (SSSR count). The van der Waals surface area contributed by atoms with Crippen LogP contribution in [0.1, 0.15) is 12.8 Å². The molecule has 1 saturated heterocycles. The molecule has 0 bridgehead atoms. The number of ether oxygens (including phenoxy) is 2. The molecule has 0 radical (unpaired) electrons. The maximum absolute atomic E-state index is 11.3. The lowest BCUT2D eigenvalue weighted by Crippen LogP contribution is -2.70. The van der Waals surface area contributed by atoms with E-state index in [-0.39, 0.29) is 88.2 Å². The summed E-state index contributed by atoms with van der Waals surface area (Å²) in [4.78, 5) is 0. The second-order valence-electron chi connectivity index (χ2n) is 7.55. The van der Waals surface area contributed by atoms with Crippen LogP contribution in [0.15, 0.2) is 0 Å². The number of aliphatic hydroxyl groups excluding tert-OH is 3. The summed E-state index contributed by atoms with van der Waals surface area (Å²) in [6, 6.07) is -3.67. The Hall–Kier alpha value is 0.920. The van der Waals surface area contributed by atoms with E-state index in [1.807, 2.05) is 0 Å². The largest absolute Gasteiger partial charge is 0.397 e. The number of nitrogens with one attached hydrogen (secondary N) is 1. The average Bonchev–Trinajstić information content (AvgIpc) is 2.66. The van der Waals surface area contributed by atoms with Crippen LogP contribution in [0, 0.1) is 0 Å². The Kier molecular flexibility index (Phi) is 23.4. The van der Waals surface area contributed by atoms with Crippen LogP contribution < -0.4 is 28.3 Å². The smallest absolute Gasteiger partial charge is 0.396 e. The van der Waals surface area contributed by atoms with Crippen LogP contribution in [0.3, 0.4) is 0 Å². The van der Waals surface area contributed by atoms with Gasteiger partial charge in [-0.3, -0.25) is 4.55 Å². The van der Waals surface area contributed by atoms with E-state index in [2.05, 4.69) is 5.32 Å². The van der Waals surface area contributed by atoms with E-state index in [4.69, 9.17) is 46.3 Å². The van der Waals surface area contributed by atoms with Gasteiger partial charge in [-0.1, -0.05) is 0 Å². The third kappa shape index (κ3) is 11.7. The molecule has 1 aliphatic carbocycles. The van der Waals surface area contributed by atoms with Crippen molar-refractivity contribution < 1.29 is 41.9 Å². The van der Waals surface area contributed by atoms with Gasteiger partial charge in [0.25, 0.3) is 0 Å². The molecular formula is C15H38Cl5N5O9S. The van der Waals surface area contributed by atoms with Crippen molar-refractivity contribution in [2.75, 3.05) is 19.7 Å². The number of aliphatic hydroxyl groups is 3. The van der Waals surface area contributed by atoms with E-state index in [1.54, 1.807) is 0 Å². The molecular weight excluding hydrogens is 604 g/mol. The summed E-state index contributed by atoms with van der Waals surface area (Å²) in [6.07, 6.45) is -6.68. The zero-order chi connectivity index (χ0) is 22.6. The van der Waals surface area contributed by atoms with Crippen molar-refractivity contribution in [1.29, 1.82) is 0 Å². The first kappa shape index (κ1) is 43.0. The van der Waals surface area contributed by atoms with Gasteiger partial charge in [-0.2, -0.15) is 8.42 Å². The quantitative estimate of drug-likeness (QED) is 0.0888. The lowest BCUT2D eigenvalue weighted by atomic mass is 9.82. The van der Waals surface area contributed by atoms with Crippen molar-refractivity contribution in [3.63, 3.8) is 0 Å². The highest BCUT2D eigenvalue weighted by Crippen LogP contribution is 2.29. The summed E-state index contributed by atoms with van der Waals surface area (Å²) in [6.45, 7) is -0.0126. The Labute approximate surface area is 235 Å². The Morgan fingerprint density at radius 3 is 2.00 bits per heavy atom. The summed E-state index contributed by atoms with van der Waals surface area (Å²) in [5.41, 5.74) is 23.7. The van der Waals surface area contributed by atoms with E-state index in [0.717, 1.165) is 0 Å². The highest BCUT2D eigenvalue weighted by molar-refractivity contribution is 7.80. The molecule has 1 heterocycles. The predicted molar refractivity (Wildman–Crippen MR) is 139 cm³/mol. The molecule has 0 unspecified atom stereocenters. The molecule has 2 aliphatic rings. The molecule has 218 valence electrons. The fraction of sp³-hybridized carbons (Fsp3) is 1.00. The Bertz CT molecular complexity index is 663. The van der Waals surface area contributed by atoms with Crippen molar-refractivity contribution in [3.05, 3.63) is 0 Å². The highest BCUT2D eigenvalue weighted by atomic mass is 35.5. The molecule has 14 nitrogen and oxygen atoms in total. The molecule has 0 amide bonds. The minimum absolute atomic E-state index is 0. The second kappa shape index (κ2) is 19.1. The van der Waals surface area contributed by atoms with Gasteiger partial charge in [0.05, 0.1) is 18.2 Å². The molecule has 1 saturated carbocycles. The molecule has 20 heteroatoms. The fourth-order valence-corrected chi connectivity index (χ4v) is 4.31. The summed E-state index contributed by atoms with van der Waals surface area (Å²) in [7, 11) is -4.85. The molecule has 0 aromatic carbocycles. The van der Waals surface area contributed by atoms with Crippen LogP contribution in [-0.2, 0) is 24.1 Å². The standard InChI is InChI=1S/C15H33N5O9S.5ClH/c16-5-8-11(22)12(23)9(19)15(27-8)28-13-6(17)4-7(18)14(29-30(24,25)26)10(13)20-2-1-3-21;;;;;/h6-15,20-23H,1-5,16-19H2,(H,24,25,26);5*1H/t6-,7+,8+,9+,10+,11+,12+,13+,14-,15+;;;;;/m0...../s1. The third-order valence-corrected chi connectivity index (χ3v) is 5.78. The van der Waals surface area contributed by atoms with E-state index in [1.165, 1.54) is 0 Å². The number of nitrogens with two attached hydrogens (primary N) is 4. The summed E-state index contributed by atoms with van der Waals surface area (Å²) >= 11 is 0. The van der Waals surface area contributed by atoms with Crippen molar-refractivity contribution in [1.82, 2.24) is 5.32 Å². The predicted octanol–water partition coefficient (Wildman–Crippen LogP) is -3.20. The molecule has 35 heavy (non-hydrogen) atoms. The first-order valence-corrected chi connectivity index (χ1v) is 11.0. The summed E-state index contributed by atoms with van der Waals surface area (Å²) in [5, 5.41) is 32.2. The molecule has 0 aromatic heterocycles. The third-order valence-electron chi connectivity index (χ3n) is 5.32. The van der Waals surface area contributed by atoms with Gasteiger partial charge in [0.2, 0.25) is 0 Å². The van der Waals surface area contributed by atoms with E-state index >= 15 is 0 Å². The number of hydrogen-bond donors (Lipinski definition) is 9. The number of rotatable bonds is 9. The molecule has 0 spiro atoms. The minimum atomic E-state index is -4.85. The monoisotopic (exact) mass is 639 g/mol. The lowest BCUT2D eigenvalue weighted by Gasteiger charge is -2.47. The fourth-order valence-electron chi connectivity index (χ4n) is 3.76. The van der Waals surface area contributed by atoms with Crippen molar-refractivity contribution in [2.45, 2.75) is 73.8 Å². The van der Waals surface area contributed by atoms with Crippen molar-refractivity contribution in [3.8, 4) is 0 Å². The summed E-state index contributed by atoms with van der Waals surface area (Å²) in [5.74, 6) is 0. The SMILES string of the molecule is Cl.Cl.Cl.Cl.Cl.NC[C@H]1O[C@H](O[C@H]2[C@@H](NCCCO)[C@@H](OS(=O)(=O)O)[C@H](N)C[C@@H]2N)[C@H](N)[C@@H](O)[C@@H]1O.